The topological polar surface area (TPSA) is 20.2 Å². The first-order chi connectivity index (χ1) is 35.6. The number of aliphatic hydroxyl groups excluding tert-OH is 1. The fourth-order valence-electron chi connectivity index (χ4n) is 7.98. The smallest absolute Gasteiger partial charge is 0.132 e. The second-order valence-corrected chi connectivity index (χ2v) is 17.8. The van der Waals surface area contributed by atoms with Crippen LogP contribution in [0.4, 0.5) is 43.9 Å². The molecule has 0 bridgehead atoms. The maximum atomic E-state index is 14.6. The Morgan fingerprint density at radius 3 is 0.784 bits per heavy atom. The minimum absolute atomic E-state index is 0.257. The van der Waals surface area contributed by atoms with Crippen molar-refractivity contribution in [1.82, 2.24) is 0 Å². The molecule has 0 radical (unpaired) electrons. The van der Waals surface area contributed by atoms with Crippen LogP contribution in [-0.4, -0.2) is 5.11 Å². The molecule has 10 aromatic rings. The zero-order chi connectivity index (χ0) is 52.5. The lowest BCUT2D eigenvalue weighted by atomic mass is 9.95. The Morgan fingerprint density at radius 1 is 0.284 bits per heavy atom. The van der Waals surface area contributed by atoms with Gasteiger partial charge in [-0.2, -0.15) is 0 Å². The third kappa shape index (κ3) is 13.1. The molecule has 0 fully saturated rings. The number of rotatable bonds is 9. The average molecular weight is 1070 g/mol. The van der Waals surface area contributed by atoms with Gasteiger partial charge in [0.15, 0.2) is 0 Å². The first-order valence-corrected chi connectivity index (χ1v) is 23.5. The third-order valence-corrected chi connectivity index (χ3v) is 12.3. The van der Waals surface area contributed by atoms with Gasteiger partial charge in [0.05, 0.1) is 0 Å². The van der Waals surface area contributed by atoms with Gasteiger partial charge in [-0.05, 0) is 154 Å². The highest BCUT2D eigenvalue weighted by Gasteiger charge is 2.17. The fraction of sp³-hybridized carbons (Fsp3) is 0.0323. The van der Waals surface area contributed by atoms with Crippen LogP contribution in [0.2, 0.25) is 0 Å². The molecule has 0 aliphatic heterocycles. The summed E-state index contributed by atoms with van der Waals surface area (Å²) >= 11 is 3.18. The van der Waals surface area contributed by atoms with Gasteiger partial charge in [-0.25, -0.2) is 43.9 Å². The molecule has 10 rings (SSSR count). The summed E-state index contributed by atoms with van der Waals surface area (Å²) in [6, 6.07) is 50.7. The molecule has 0 aromatic heterocycles. The molecule has 74 heavy (non-hydrogen) atoms. The van der Waals surface area contributed by atoms with E-state index in [1.54, 1.807) is 48.5 Å². The largest absolute Gasteiger partial charge is 0.384 e. The summed E-state index contributed by atoms with van der Waals surface area (Å²) in [5.74, 6) is -4.24. The van der Waals surface area contributed by atoms with Crippen molar-refractivity contribution >= 4 is 15.9 Å². The lowest BCUT2D eigenvalue weighted by molar-refractivity contribution is 0.219. The van der Waals surface area contributed by atoms with Crippen LogP contribution in [0.5, 0.6) is 0 Å². The summed E-state index contributed by atoms with van der Waals surface area (Å²) in [5, 5.41) is 10.6. The Labute approximate surface area is 428 Å². The van der Waals surface area contributed by atoms with Gasteiger partial charge < -0.3 is 5.11 Å². The van der Waals surface area contributed by atoms with Gasteiger partial charge >= 0.3 is 0 Å². The van der Waals surface area contributed by atoms with Crippen LogP contribution in [0, 0.1) is 58.2 Å². The summed E-state index contributed by atoms with van der Waals surface area (Å²) in [6.07, 6.45) is -0.875. The van der Waals surface area contributed by atoms with E-state index in [1.165, 1.54) is 164 Å². The molecule has 12 heteroatoms. The van der Waals surface area contributed by atoms with Crippen molar-refractivity contribution in [2.24, 2.45) is 0 Å². The lowest BCUT2D eigenvalue weighted by Crippen LogP contribution is -2.02. The number of hydrogen-bond donors (Lipinski definition) is 1. The Hall–Kier alpha value is -8.06. The number of hydrogen-bond acceptors (Lipinski definition) is 1. The highest BCUT2D eigenvalue weighted by molar-refractivity contribution is 9.10. The molecule has 0 aliphatic rings. The van der Waals surface area contributed by atoms with E-state index in [1.807, 2.05) is 0 Å². The minimum atomic E-state index is -1.24. The molecule has 10 aromatic carbocycles. The molecule has 0 aliphatic carbocycles. The van der Waals surface area contributed by atoms with Gasteiger partial charge in [-0.15, -0.1) is 0 Å². The normalized spacial score (nSPS) is 10.9. The average Bonchev–Trinajstić information content (AvgIpc) is 3.38. The Kier molecular flexibility index (Phi) is 16.7. The van der Waals surface area contributed by atoms with Gasteiger partial charge in [0.1, 0.15) is 64.3 Å². The number of halogens is 11. The molecule has 0 spiro atoms. The molecule has 0 heterocycles. The van der Waals surface area contributed by atoms with E-state index in [9.17, 15) is 49.0 Å². The molecule has 370 valence electrons. The zero-order valence-corrected chi connectivity index (χ0v) is 40.2. The maximum absolute atomic E-state index is 14.6. The Bertz CT molecular complexity index is 3340. The van der Waals surface area contributed by atoms with Crippen LogP contribution in [0.3, 0.4) is 0 Å². The Balaban J connectivity index is 0.000000156. The van der Waals surface area contributed by atoms with Crippen LogP contribution in [0.1, 0.15) is 28.4 Å². The molecule has 0 amide bonds. The molecular formula is C62H39BrF10O. The summed E-state index contributed by atoms with van der Waals surface area (Å²) in [5.41, 5.74) is 6.53. The van der Waals surface area contributed by atoms with Crippen molar-refractivity contribution in [3.63, 3.8) is 0 Å². The predicted molar refractivity (Wildman–Crippen MR) is 274 cm³/mol. The first kappa shape index (κ1) is 52.3. The van der Waals surface area contributed by atoms with Crippen molar-refractivity contribution in [3.05, 3.63) is 297 Å². The van der Waals surface area contributed by atoms with Gasteiger partial charge in [0.25, 0.3) is 0 Å². The zero-order valence-electron chi connectivity index (χ0n) is 38.6. The quantitative estimate of drug-likeness (QED) is 0.143. The van der Waals surface area contributed by atoms with E-state index < -0.39 is 41.0 Å². The summed E-state index contributed by atoms with van der Waals surface area (Å²) < 4.78 is 137. The molecule has 1 N–H and O–H groups in total. The second-order valence-electron chi connectivity index (χ2n) is 16.8. The van der Waals surface area contributed by atoms with Crippen LogP contribution in [-0.2, 0) is 6.42 Å². The number of benzene rings is 10. The molecule has 0 atom stereocenters. The minimum Gasteiger partial charge on any atom is -0.384 e. The first-order valence-electron chi connectivity index (χ1n) is 22.7. The van der Waals surface area contributed by atoms with Crippen LogP contribution in [0.15, 0.2) is 217 Å². The third-order valence-electron chi connectivity index (χ3n) is 11.8. The summed E-state index contributed by atoms with van der Waals surface area (Å²) in [7, 11) is 0. The molecule has 0 saturated heterocycles. The van der Waals surface area contributed by atoms with Crippen molar-refractivity contribution in [2.45, 2.75) is 12.5 Å². The van der Waals surface area contributed by atoms with Crippen molar-refractivity contribution in [2.75, 3.05) is 0 Å². The lowest BCUT2D eigenvalue weighted by Gasteiger charge is -2.14. The monoisotopic (exact) mass is 1070 g/mol. The van der Waals surface area contributed by atoms with Crippen molar-refractivity contribution in [3.8, 4) is 55.6 Å². The SMILES string of the molecule is Fc1ccc(-c2ccc(Br)cc2F)cc1.Fc1ccc(-c2ccc(Cc3ccc(-c4ccc(F)cc4)c(F)c3)cc2F)cc1.OC(c1ccc(-c2ccc(F)cc2)c(F)c1)c1ccc(-c2ccc(F)cc2)c(F)c1. The van der Waals surface area contributed by atoms with E-state index in [0.29, 0.717) is 66.5 Å². The molecule has 0 saturated carbocycles. The van der Waals surface area contributed by atoms with E-state index in [4.69, 9.17) is 0 Å². The highest BCUT2D eigenvalue weighted by atomic mass is 79.9. The summed E-state index contributed by atoms with van der Waals surface area (Å²) in [4.78, 5) is 0. The van der Waals surface area contributed by atoms with E-state index >= 15 is 0 Å². The van der Waals surface area contributed by atoms with Gasteiger partial charge in [-0.3, -0.25) is 0 Å². The standard InChI is InChI=1S/C25H16F4O.C25H16F4.C12H7BrF2/c26-19-7-1-15(2-8-19)21-11-5-17(13-23(21)28)25(30)18-6-12-22(24(29)14-18)16-3-9-20(27)10-4-16;26-20-7-3-18(4-8-20)22-11-1-16(14-24(22)28)13-17-2-12-23(25(29)15-17)19-5-9-21(27)10-6-19;13-9-3-6-11(12(15)7-9)8-1-4-10(14)5-2-8/h1-14,25,30H;1-12,14-15H,13H2;1-7H. The van der Waals surface area contributed by atoms with E-state index in [0.717, 1.165) is 0 Å². The fourth-order valence-corrected chi connectivity index (χ4v) is 8.31. The summed E-state index contributed by atoms with van der Waals surface area (Å²) in [6.45, 7) is 0. The van der Waals surface area contributed by atoms with E-state index in [2.05, 4.69) is 15.9 Å². The van der Waals surface area contributed by atoms with Gasteiger partial charge in [0, 0.05) is 32.3 Å². The highest BCUT2D eigenvalue weighted by Crippen LogP contribution is 2.33. The van der Waals surface area contributed by atoms with Gasteiger partial charge in [0.2, 0.25) is 0 Å². The molecular weight excluding hydrogens is 1030 g/mol. The van der Waals surface area contributed by atoms with Crippen LogP contribution in [0.25, 0.3) is 55.6 Å². The van der Waals surface area contributed by atoms with Crippen LogP contribution < -0.4 is 0 Å². The van der Waals surface area contributed by atoms with Crippen LogP contribution >= 0.6 is 15.9 Å². The van der Waals surface area contributed by atoms with Crippen molar-refractivity contribution < 1.29 is 49.0 Å². The maximum Gasteiger partial charge on any atom is 0.132 e. The number of aliphatic hydroxyl groups is 1. The Morgan fingerprint density at radius 2 is 0.527 bits per heavy atom. The van der Waals surface area contributed by atoms with Crippen molar-refractivity contribution in [1.29, 1.82) is 0 Å². The van der Waals surface area contributed by atoms with E-state index in [-0.39, 0.29) is 45.5 Å². The second kappa shape index (κ2) is 23.7. The molecule has 0 unspecified atom stereocenters. The van der Waals surface area contributed by atoms with Gasteiger partial charge in [-0.1, -0.05) is 131 Å². The predicted octanol–water partition coefficient (Wildman–Crippen LogP) is 18.2. The molecule has 1 nitrogen and oxygen atoms in total.